The third-order valence-corrected chi connectivity index (χ3v) is 4.01. The number of H-pyrrole nitrogens is 1. The van der Waals surface area contributed by atoms with Crippen molar-refractivity contribution in [1.29, 1.82) is 5.41 Å². The van der Waals surface area contributed by atoms with Crippen LogP contribution in [0.4, 0.5) is 4.79 Å². The van der Waals surface area contributed by atoms with E-state index in [1.165, 1.54) is 6.33 Å². The highest BCUT2D eigenvalue weighted by Crippen LogP contribution is 2.13. The van der Waals surface area contributed by atoms with E-state index in [0.29, 0.717) is 36.6 Å². The molecule has 0 radical (unpaired) electrons. The van der Waals surface area contributed by atoms with E-state index in [1.54, 1.807) is 51.2 Å². The number of nitrogens with one attached hydrogen (secondary N) is 4. The van der Waals surface area contributed by atoms with Crippen molar-refractivity contribution in [3.8, 4) is 5.75 Å². The van der Waals surface area contributed by atoms with Gasteiger partial charge in [0, 0.05) is 24.7 Å². The molecule has 1 aromatic carbocycles. The molecule has 0 unspecified atom stereocenters. The van der Waals surface area contributed by atoms with E-state index in [1.807, 2.05) is 0 Å². The fraction of sp³-hybridized carbons (Fsp3) is 0.429. The molecule has 168 valence electrons. The van der Waals surface area contributed by atoms with Crippen LogP contribution in [-0.2, 0) is 16.0 Å². The smallest absolute Gasteiger partial charge is 0.408 e. The molecule has 1 aromatic heterocycles. The molecule has 1 atom stereocenters. The number of hydrogen-bond acceptors (Lipinski definition) is 6. The van der Waals surface area contributed by atoms with Gasteiger partial charge in [-0.3, -0.25) is 10.2 Å². The minimum absolute atomic E-state index is 0.0295. The lowest BCUT2D eigenvalue weighted by atomic mass is 10.1. The summed E-state index contributed by atoms with van der Waals surface area (Å²) in [7, 11) is 0. The lowest BCUT2D eigenvalue weighted by Gasteiger charge is -2.23. The van der Waals surface area contributed by atoms with Gasteiger partial charge in [0.1, 0.15) is 23.2 Å². The second kappa shape index (κ2) is 11.0. The second-order valence-corrected chi connectivity index (χ2v) is 7.90. The van der Waals surface area contributed by atoms with Crippen LogP contribution in [0.25, 0.3) is 0 Å². The first kappa shape index (κ1) is 23.7. The number of aromatic amines is 1. The maximum absolute atomic E-state index is 12.6. The number of nitrogens with zero attached hydrogens (tertiary/aromatic N) is 1. The first-order valence-electron chi connectivity index (χ1n) is 9.96. The average Bonchev–Trinajstić information content (AvgIpc) is 3.19. The van der Waals surface area contributed by atoms with E-state index in [0.717, 1.165) is 0 Å². The summed E-state index contributed by atoms with van der Waals surface area (Å²) in [5, 5.41) is 12.9. The van der Waals surface area contributed by atoms with E-state index < -0.39 is 17.7 Å². The van der Waals surface area contributed by atoms with Gasteiger partial charge in [-0.25, -0.2) is 9.78 Å². The van der Waals surface area contributed by atoms with Crippen molar-refractivity contribution in [1.82, 2.24) is 20.6 Å². The molecule has 0 spiro atoms. The maximum Gasteiger partial charge on any atom is 0.408 e. The summed E-state index contributed by atoms with van der Waals surface area (Å²) in [4.78, 5) is 31.7. The Hall–Kier alpha value is -3.56. The average molecular weight is 431 g/mol. The number of rotatable bonds is 10. The normalized spacial score (nSPS) is 12.0. The molecule has 10 nitrogen and oxygen atoms in total. The Morgan fingerprint density at radius 2 is 2.10 bits per heavy atom. The Labute approximate surface area is 181 Å². The van der Waals surface area contributed by atoms with Crippen molar-refractivity contribution in [2.75, 3.05) is 13.2 Å². The predicted molar refractivity (Wildman–Crippen MR) is 116 cm³/mol. The fourth-order valence-electron chi connectivity index (χ4n) is 2.62. The number of nitrogen functional groups attached to an aromatic ring is 1. The van der Waals surface area contributed by atoms with Gasteiger partial charge < -0.3 is 30.8 Å². The van der Waals surface area contributed by atoms with Gasteiger partial charge in [0.15, 0.2) is 0 Å². The van der Waals surface area contributed by atoms with Crippen molar-refractivity contribution >= 4 is 17.8 Å². The number of benzene rings is 1. The van der Waals surface area contributed by atoms with Crippen molar-refractivity contribution < 1.29 is 19.1 Å². The molecule has 1 heterocycles. The maximum atomic E-state index is 12.6. The van der Waals surface area contributed by atoms with Crippen LogP contribution in [0.2, 0.25) is 0 Å². The first-order valence-corrected chi connectivity index (χ1v) is 9.96. The van der Waals surface area contributed by atoms with Gasteiger partial charge >= 0.3 is 6.09 Å². The quantitative estimate of drug-likeness (QED) is 0.219. The zero-order chi connectivity index (χ0) is 22.9. The lowest BCUT2D eigenvalue weighted by molar-refractivity contribution is -0.123. The largest absolute Gasteiger partial charge is 0.494 e. The minimum Gasteiger partial charge on any atom is -0.494 e. The van der Waals surface area contributed by atoms with Gasteiger partial charge in [-0.15, -0.1) is 0 Å². The Balaban J connectivity index is 1.83. The SMILES string of the molecule is CC(C)(C)OC(=O)N[C@@H](Cc1c[nH]cn1)C(=O)NCCCOc1cccc(C(=N)N)c1. The number of carbonyl (C=O) groups excluding carboxylic acids is 2. The van der Waals surface area contributed by atoms with Crippen molar-refractivity contribution in [3.63, 3.8) is 0 Å². The summed E-state index contributed by atoms with van der Waals surface area (Å²) in [5.74, 6) is 0.229. The van der Waals surface area contributed by atoms with Gasteiger partial charge in [0.05, 0.1) is 18.6 Å². The molecule has 10 heteroatoms. The number of amides is 2. The van der Waals surface area contributed by atoms with Crippen LogP contribution in [-0.4, -0.2) is 52.6 Å². The zero-order valence-electron chi connectivity index (χ0n) is 18.0. The second-order valence-electron chi connectivity index (χ2n) is 7.90. The van der Waals surface area contributed by atoms with E-state index in [2.05, 4.69) is 20.6 Å². The topological polar surface area (TPSA) is 155 Å². The van der Waals surface area contributed by atoms with Gasteiger partial charge in [-0.1, -0.05) is 12.1 Å². The van der Waals surface area contributed by atoms with Crippen LogP contribution in [0.1, 0.15) is 38.4 Å². The van der Waals surface area contributed by atoms with Crippen molar-refractivity contribution in [2.24, 2.45) is 5.73 Å². The summed E-state index contributed by atoms with van der Waals surface area (Å²) in [6.07, 6.45) is 3.29. The zero-order valence-corrected chi connectivity index (χ0v) is 18.0. The number of ether oxygens (including phenoxy) is 2. The molecule has 0 aliphatic rings. The van der Waals surface area contributed by atoms with Gasteiger partial charge in [0.25, 0.3) is 0 Å². The number of alkyl carbamates (subject to hydrolysis) is 1. The van der Waals surface area contributed by atoms with E-state index in [-0.39, 0.29) is 18.2 Å². The van der Waals surface area contributed by atoms with E-state index in [4.69, 9.17) is 20.6 Å². The fourth-order valence-corrected chi connectivity index (χ4v) is 2.62. The Morgan fingerprint density at radius 3 is 2.74 bits per heavy atom. The molecule has 2 rings (SSSR count). The highest BCUT2D eigenvalue weighted by atomic mass is 16.6. The number of hydrogen-bond donors (Lipinski definition) is 5. The number of nitrogens with two attached hydrogens (primary N) is 1. The molecule has 0 fully saturated rings. The lowest BCUT2D eigenvalue weighted by Crippen LogP contribution is -2.49. The van der Waals surface area contributed by atoms with E-state index in [9.17, 15) is 9.59 Å². The van der Waals surface area contributed by atoms with Crippen LogP contribution >= 0.6 is 0 Å². The molecule has 31 heavy (non-hydrogen) atoms. The highest BCUT2D eigenvalue weighted by Gasteiger charge is 2.25. The Kier molecular flexibility index (Phi) is 8.42. The van der Waals surface area contributed by atoms with Crippen LogP contribution in [0, 0.1) is 5.41 Å². The predicted octanol–water partition coefficient (Wildman–Crippen LogP) is 1.71. The summed E-state index contributed by atoms with van der Waals surface area (Å²) in [6.45, 7) is 5.98. The Bertz CT molecular complexity index is 876. The molecular weight excluding hydrogens is 400 g/mol. The summed E-state index contributed by atoms with van der Waals surface area (Å²) < 4.78 is 10.9. The molecule has 0 saturated carbocycles. The molecule has 2 amide bonds. The molecule has 0 aliphatic heterocycles. The molecular formula is C21H30N6O4. The number of amidine groups is 1. The summed E-state index contributed by atoms with van der Waals surface area (Å²) >= 11 is 0. The van der Waals surface area contributed by atoms with Gasteiger partial charge in [0.2, 0.25) is 5.91 Å². The van der Waals surface area contributed by atoms with Crippen LogP contribution in [0.5, 0.6) is 5.75 Å². The summed E-state index contributed by atoms with van der Waals surface area (Å²) in [5.41, 5.74) is 6.03. The minimum atomic E-state index is -0.827. The number of aromatic nitrogens is 2. The van der Waals surface area contributed by atoms with Crippen molar-refractivity contribution in [3.05, 3.63) is 48.0 Å². The molecule has 2 aromatic rings. The van der Waals surface area contributed by atoms with Crippen LogP contribution in [0.15, 0.2) is 36.8 Å². The molecule has 0 aliphatic carbocycles. The number of imidazole rings is 1. The standard InChI is InChI=1S/C21H30N6O4/c1-21(2,3)31-20(29)27-17(11-15-12-24-13-26-15)19(28)25-8-5-9-30-16-7-4-6-14(10-16)18(22)23/h4,6-7,10,12-13,17H,5,8-9,11H2,1-3H3,(H3,22,23)(H,24,26)(H,25,28)(H,27,29)/t17-/m0/s1. The third kappa shape index (κ3) is 8.77. The first-order chi connectivity index (χ1) is 14.6. The number of carbonyl (C=O) groups is 2. The molecule has 0 bridgehead atoms. The highest BCUT2D eigenvalue weighted by molar-refractivity contribution is 5.95. The molecule has 0 saturated heterocycles. The third-order valence-electron chi connectivity index (χ3n) is 4.01. The van der Waals surface area contributed by atoms with E-state index >= 15 is 0 Å². The Morgan fingerprint density at radius 1 is 1.32 bits per heavy atom. The van der Waals surface area contributed by atoms with Crippen LogP contribution < -0.4 is 21.1 Å². The molecule has 6 N–H and O–H groups in total. The van der Waals surface area contributed by atoms with Crippen LogP contribution in [0.3, 0.4) is 0 Å². The van der Waals surface area contributed by atoms with Crippen molar-refractivity contribution in [2.45, 2.75) is 45.3 Å². The summed E-state index contributed by atoms with van der Waals surface area (Å²) in [6, 6.07) is 6.12. The van der Waals surface area contributed by atoms with Gasteiger partial charge in [-0.2, -0.15) is 0 Å². The van der Waals surface area contributed by atoms with Gasteiger partial charge in [-0.05, 0) is 39.3 Å². The monoisotopic (exact) mass is 430 g/mol.